The molecular weight excluding hydrogens is 222 g/mol. The van der Waals surface area contributed by atoms with Crippen molar-refractivity contribution in [1.82, 2.24) is 0 Å². The van der Waals surface area contributed by atoms with E-state index in [0.29, 0.717) is 6.07 Å². The van der Waals surface area contributed by atoms with Crippen LogP contribution in [0.25, 0.3) is 0 Å². The maximum atomic E-state index is 13.5. The first-order valence-electron chi connectivity index (χ1n) is 4.60. The van der Waals surface area contributed by atoms with Crippen molar-refractivity contribution in [3.63, 3.8) is 0 Å². The zero-order chi connectivity index (χ0) is 12.3. The van der Waals surface area contributed by atoms with Crippen LogP contribution in [0.3, 0.4) is 0 Å². The van der Waals surface area contributed by atoms with E-state index < -0.39 is 23.6 Å². The highest BCUT2D eigenvalue weighted by molar-refractivity contribution is 5.30. The molecule has 1 aromatic carbocycles. The lowest BCUT2D eigenvalue weighted by molar-refractivity contribution is -0.140. The number of alkyl halides is 3. The van der Waals surface area contributed by atoms with Gasteiger partial charge in [-0.25, -0.2) is 4.39 Å². The molecule has 0 aromatic heterocycles. The van der Waals surface area contributed by atoms with Crippen molar-refractivity contribution < 1.29 is 17.6 Å². The standard InChI is InChI=1S/C11H11F4N/c1-2-4-9(16)7-5-3-6-8(10(7)12)11(13,14)15/h2-3,5-6,9H,1,4,16H2/t9-/m1/s1. The van der Waals surface area contributed by atoms with Crippen molar-refractivity contribution in [3.05, 3.63) is 47.8 Å². The van der Waals surface area contributed by atoms with E-state index in [0.717, 1.165) is 6.07 Å². The summed E-state index contributed by atoms with van der Waals surface area (Å²) in [7, 11) is 0. The van der Waals surface area contributed by atoms with Crippen molar-refractivity contribution in [2.24, 2.45) is 5.73 Å². The zero-order valence-corrected chi connectivity index (χ0v) is 8.39. The van der Waals surface area contributed by atoms with E-state index in [-0.39, 0.29) is 12.0 Å². The fraction of sp³-hybridized carbons (Fsp3) is 0.273. The van der Waals surface area contributed by atoms with E-state index in [4.69, 9.17) is 5.73 Å². The van der Waals surface area contributed by atoms with Gasteiger partial charge in [-0.05, 0) is 12.5 Å². The van der Waals surface area contributed by atoms with Crippen LogP contribution in [0.4, 0.5) is 17.6 Å². The summed E-state index contributed by atoms with van der Waals surface area (Å²) >= 11 is 0. The van der Waals surface area contributed by atoms with Crippen LogP contribution in [0.1, 0.15) is 23.6 Å². The molecule has 0 saturated carbocycles. The number of hydrogen-bond donors (Lipinski definition) is 1. The average molecular weight is 233 g/mol. The second-order valence-electron chi connectivity index (χ2n) is 3.34. The monoisotopic (exact) mass is 233 g/mol. The molecule has 0 heterocycles. The second kappa shape index (κ2) is 4.65. The van der Waals surface area contributed by atoms with Crippen LogP contribution in [-0.4, -0.2) is 0 Å². The SMILES string of the molecule is C=CC[C@@H](N)c1cccc(C(F)(F)F)c1F. The number of halogens is 4. The molecule has 0 unspecified atom stereocenters. The second-order valence-corrected chi connectivity index (χ2v) is 3.34. The van der Waals surface area contributed by atoms with Gasteiger partial charge in [-0.2, -0.15) is 13.2 Å². The maximum absolute atomic E-state index is 13.5. The van der Waals surface area contributed by atoms with E-state index >= 15 is 0 Å². The van der Waals surface area contributed by atoms with Gasteiger partial charge in [0.25, 0.3) is 0 Å². The van der Waals surface area contributed by atoms with Gasteiger partial charge in [0, 0.05) is 11.6 Å². The summed E-state index contributed by atoms with van der Waals surface area (Å²) in [4.78, 5) is 0. The third kappa shape index (κ3) is 2.61. The van der Waals surface area contributed by atoms with Crippen LogP contribution in [0, 0.1) is 5.82 Å². The van der Waals surface area contributed by atoms with Gasteiger partial charge in [0.15, 0.2) is 0 Å². The van der Waals surface area contributed by atoms with Crippen molar-refractivity contribution in [1.29, 1.82) is 0 Å². The molecule has 0 fully saturated rings. The molecule has 1 atom stereocenters. The first kappa shape index (κ1) is 12.7. The molecule has 5 heteroatoms. The fourth-order valence-corrected chi connectivity index (χ4v) is 1.36. The van der Waals surface area contributed by atoms with Crippen LogP contribution in [0.5, 0.6) is 0 Å². The molecular formula is C11H11F4N. The Balaban J connectivity index is 3.18. The predicted molar refractivity (Wildman–Crippen MR) is 53.1 cm³/mol. The normalized spacial score (nSPS) is 13.6. The molecule has 0 aliphatic heterocycles. The molecule has 0 amide bonds. The molecule has 0 saturated heterocycles. The average Bonchev–Trinajstić information content (AvgIpc) is 2.16. The minimum atomic E-state index is -4.70. The molecule has 0 aliphatic rings. The van der Waals surface area contributed by atoms with Crippen LogP contribution in [0.15, 0.2) is 30.9 Å². The molecule has 1 nitrogen and oxygen atoms in total. The quantitative estimate of drug-likeness (QED) is 0.628. The Kier molecular flexibility index (Phi) is 3.70. The van der Waals surface area contributed by atoms with Gasteiger partial charge < -0.3 is 5.73 Å². The summed E-state index contributed by atoms with van der Waals surface area (Å²) in [5, 5.41) is 0. The third-order valence-electron chi connectivity index (χ3n) is 2.15. The van der Waals surface area contributed by atoms with E-state index in [1.54, 1.807) is 0 Å². The summed E-state index contributed by atoms with van der Waals surface area (Å²) in [6.07, 6.45) is -3.05. The summed E-state index contributed by atoms with van der Waals surface area (Å²) in [5.41, 5.74) is 4.11. The minimum Gasteiger partial charge on any atom is -0.324 e. The van der Waals surface area contributed by atoms with Crippen LogP contribution in [0.2, 0.25) is 0 Å². The zero-order valence-electron chi connectivity index (χ0n) is 8.39. The molecule has 88 valence electrons. The highest BCUT2D eigenvalue weighted by Gasteiger charge is 2.35. The van der Waals surface area contributed by atoms with Crippen LogP contribution < -0.4 is 5.73 Å². The Morgan fingerprint density at radius 1 is 1.38 bits per heavy atom. The molecule has 0 radical (unpaired) electrons. The predicted octanol–water partition coefficient (Wildman–Crippen LogP) is 3.42. The van der Waals surface area contributed by atoms with Gasteiger partial charge in [-0.15, -0.1) is 6.58 Å². The highest BCUT2D eigenvalue weighted by atomic mass is 19.4. The largest absolute Gasteiger partial charge is 0.419 e. The number of hydrogen-bond acceptors (Lipinski definition) is 1. The van der Waals surface area contributed by atoms with Crippen molar-refractivity contribution in [2.75, 3.05) is 0 Å². The van der Waals surface area contributed by atoms with Gasteiger partial charge in [-0.3, -0.25) is 0 Å². The van der Waals surface area contributed by atoms with Crippen molar-refractivity contribution >= 4 is 0 Å². The lowest BCUT2D eigenvalue weighted by Crippen LogP contribution is -2.15. The highest BCUT2D eigenvalue weighted by Crippen LogP contribution is 2.33. The van der Waals surface area contributed by atoms with Crippen molar-refractivity contribution in [2.45, 2.75) is 18.6 Å². The fourth-order valence-electron chi connectivity index (χ4n) is 1.36. The lowest BCUT2D eigenvalue weighted by Gasteiger charge is -2.14. The Labute approximate surface area is 90.6 Å². The van der Waals surface area contributed by atoms with Gasteiger partial charge >= 0.3 is 6.18 Å². The molecule has 16 heavy (non-hydrogen) atoms. The topological polar surface area (TPSA) is 26.0 Å². The first-order chi connectivity index (χ1) is 7.38. The Morgan fingerprint density at radius 3 is 2.50 bits per heavy atom. The summed E-state index contributed by atoms with van der Waals surface area (Å²) in [5.74, 6) is -1.30. The molecule has 0 bridgehead atoms. The third-order valence-corrected chi connectivity index (χ3v) is 2.15. The van der Waals surface area contributed by atoms with E-state index in [1.165, 1.54) is 12.1 Å². The van der Waals surface area contributed by atoms with Crippen molar-refractivity contribution in [3.8, 4) is 0 Å². The Hall–Kier alpha value is -1.36. The number of benzene rings is 1. The van der Waals surface area contributed by atoms with E-state index in [9.17, 15) is 17.6 Å². The summed E-state index contributed by atoms with van der Waals surface area (Å²) in [6.45, 7) is 3.40. The number of nitrogens with two attached hydrogens (primary N) is 1. The Bertz CT molecular complexity index is 384. The van der Waals surface area contributed by atoms with Gasteiger partial charge in [-0.1, -0.05) is 18.2 Å². The first-order valence-corrected chi connectivity index (χ1v) is 4.60. The molecule has 0 spiro atoms. The molecule has 1 rings (SSSR count). The molecule has 1 aromatic rings. The molecule has 2 N–H and O–H groups in total. The smallest absolute Gasteiger partial charge is 0.324 e. The summed E-state index contributed by atoms with van der Waals surface area (Å²) < 4.78 is 50.6. The van der Waals surface area contributed by atoms with E-state index in [1.807, 2.05) is 0 Å². The Morgan fingerprint density at radius 2 is 2.00 bits per heavy atom. The maximum Gasteiger partial charge on any atom is 0.419 e. The van der Waals surface area contributed by atoms with E-state index in [2.05, 4.69) is 6.58 Å². The van der Waals surface area contributed by atoms with Gasteiger partial charge in [0.05, 0.1) is 5.56 Å². The molecule has 0 aliphatic carbocycles. The minimum absolute atomic E-state index is 0.144. The summed E-state index contributed by atoms with van der Waals surface area (Å²) in [6, 6.07) is 2.28. The number of rotatable bonds is 3. The van der Waals surface area contributed by atoms with Crippen LogP contribution in [-0.2, 0) is 6.18 Å². The lowest BCUT2D eigenvalue weighted by atomic mass is 10.0. The van der Waals surface area contributed by atoms with Gasteiger partial charge in [0.2, 0.25) is 0 Å². The van der Waals surface area contributed by atoms with Crippen LogP contribution >= 0.6 is 0 Å². The van der Waals surface area contributed by atoms with Gasteiger partial charge in [0.1, 0.15) is 5.82 Å².